The maximum atomic E-state index is 13.6. The minimum Gasteiger partial charge on any atom is -0.497 e. The summed E-state index contributed by atoms with van der Waals surface area (Å²) in [7, 11) is -1.33. The lowest BCUT2D eigenvalue weighted by Crippen LogP contribution is -2.39. The molecule has 0 aliphatic carbocycles. The van der Waals surface area contributed by atoms with Gasteiger partial charge in [0, 0.05) is 6.07 Å². The van der Waals surface area contributed by atoms with Gasteiger partial charge < -0.3 is 23.9 Å². The van der Waals surface area contributed by atoms with Crippen molar-refractivity contribution in [1.82, 2.24) is 10.7 Å². The molecule has 0 spiro atoms. The van der Waals surface area contributed by atoms with E-state index in [4.69, 9.17) is 18.6 Å². The molecule has 0 unspecified atom stereocenters. The number of methoxy groups -OCH3 is 2. The SMILES string of the molecule is COc1ccc(OC)c(N(CC(=O)N/N=C\c2ccc(OCC(=O)NCc3ccco3)cc2)S(=O)(=O)c2ccccc2)c1. The molecule has 224 valence electrons. The summed E-state index contributed by atoms with van der Waals surface area (Å²) in [6.45, 7) is -0.503. The Morgan fingerprint density at radius 3 is 2.33 bits per heavy atom. The Bertz CT molecular complexity index is 1640. The number of amides is 2. The Balaban J connectivity index is 1.39. The minimum atomic E-state index is -4.18. The van der Waals surface area contributed by atoms with Crippen LogP contribution in [0.3, 0.4) is 0 Å². The topological polar surface area (TPSA) is 149 Å². The Kier molecular flexibility index (Phi) is 10.4. The van der Waals surface area contributed by atoms with Crippen LogP contribution in [0.15, 0.2) is 106 Å². The fourth-order valence-electron chi connectivity index (χ4n) is 3.80. The van der Waals surface area contributed by atoms with Crippen LogP contribution in [-0.2, 0) is 26.2 Å². The number of carbonyl (C=O) groups excluding carboxylic acids is 2. The predicted octanol–water partition coefficient (Wildman–Crippen LogP) is 3.34. The van der Waals surface area contributed by atoms with Crippen LogP contribution in [0.25, 0.3) is 0 Å². The van der Waals surface area contributed by atoms with Gasteiger partial charge in [0.1, 0.15) is 29.6 Å². The third kappa shape index (κ3) is 8.36. The highest BCUT2D eigenvalue weighted by Gasteiger charge is 2.29. The molecule has 12 nitrogen and oxygen atoms in total. The first-order valence-electron chi connectivity index (χ1n) is 12.9. The Morgan fingerprint density at radius 2 is 1.65 bits per heavy atom. The van der Waals surface area contributed by atoms with Crippen molar-refractivity contribution in [2.45, 2.75) is 11.4 Å². The molecule has 0 aliphatic heterocycles. The molecule has 4 aromatic rings. The summed E-state index contributed by atoms with van der Waals surface area (Å²) in [5.41, 5.74) is 3.11. The molecule has 13 heteroatoms. The van der Waals surface area contributed by atoms with E-state index in [9.17, 15) is 18.0 Å². The van der Waals surface area contributed by atoms with Crippen molar-refractivity contribution < 1.29 is 36.6 Å². The van der Waals surface area contributed by atoms with E-state index in [1.54, 1.807) is 66.7 Å². The van der Waals surface area contributed by atoms with Crippen molar-refractivity contribution >= 4 is 33.7 Å². The molecule has 0 bridgehead atoms. The molecule has 1 heterocycles. The number of hydrogen-bond donors (Lipinski definition) is 2. The van der Waals surface area contributed by atoms with Gasteiger partial charge in [-0.05, 0) is 66.2 Å². The molecule has 0 saturated carbocycles. The van der Waals surface area contributed by atoms with E-state index in [1.807, 2.05) is 0 Å². The Labute approximate surface area is 248 Å². The summed E-state index contributed by atoms with van der Waals surface area (Å²) >= 11 is 0. The molecular weight excluding hydrogens is 576 g/mol. The average molecular weight is 607 g/mol. The largest absolute Gasteiger partial charge is 0.497 e. The van der Waals surface area contributed by atoms with Gasteiger partial charge in [0.15, 0.2) is 6.61 Å². The van der Waals surface area contributed by atoms with Crippen LogP contribution in [0.4, 0.5) is 5.69 Å². The molecule has 1 aromatic heterocycles. The molecule has 0 radical (unpaired) electrons. The summed E-state index contributed by atoms with van der Waals surface area (Å²) in [6, 6.07) is 22.5. The van der Waals surface area contributed by atoms with Gasteiger partial charge in [-0.25, -0.2) is 13.8 Å². The predicted molar refractivity (Wildman–Crippen MR) is 159 cm³/mol. The van der Waals surface area contributed by atoms with Crippen molar-refractivity contribution in [3.05, 3.63) is 103 Å². The molecule has 0 saturated heterocycles. The van der Waals surface area contributed by atoms with Crippen LogP contribution in [0, 0.1) is 0 Å². The van der Waals surface area contributed by atoms with Crippen molar-refractivity contribution in [3.8, 4) is 17.2 Å². The van der Waals surface area contributed by atoms with Gasteiger partial charge in [0.2, 0.25) is 0 Å². The summed E-state index contributed by atoms with van der Waals surface area (Å²) in [5, 5.41) is 6.64. The zero-order valence-electron chi connectivity index (χ0n) is 23.4. The van der Waals surface area contributed by atoms with Gasteiger partial charge in [-0.3, -0.25) is 13.9 Å². The van der Waals surface area contributed by atoms with Gasteiger partial charge in [0.05, 0.1) is 43.8 Å². The first-order valence-corrected chi connectivity index (χ1v) is 14.4. The number of sulfonamides is 1. The molecular formula is C30H30N4O8S. The van der Waals surface area contributed by atoms with E-state index in [2.05, 4.69) is 15.8 Å². The second kappa shape index (κ2) is 14.5. The number of hydrogen-bond acceptors (Lipinski definition) is 9. The van der Waals surface area contributed by atoms with Gasteiger partial charge in [-0.1, -0.05) is 18.2 Å². The zero-order chi connectivity index (χ0) is 30.7. The number of nitrogens with one attached hydrogen (secondary N) is 2. The van der Waals surface area contributed by atoms with Crippen LogP contribution < -0.4 is 29.3 Å². The van der Waals surface area contributed by atoms with Crippen LogP contribution in [-0.4, -0.2) is 53.8 Å². The first kappa shape index (κ1) is 30.7. The van der Waals surface area contributed by atoms with E-state index in [0.29, 0.717) is 22.8 Å². The number of hydrazone groups is 1. The van der Waals surface area contributed by atoms with E-state index < -0.39 is 22.5 Å². The van der Waals surface area contributed by atoms with Crippen LogP contribution in [0.2, 0.25) is 0 Å². The van der Waals surface area contributed by atoms with Crippen LogP contribution in [0.5, 0.6) is 17.2 Å². The third-order valence-corrected chi connectivity index (χ3v) is 7.74. The number of anilines is 1. The standard InChI is InChI=1S/C30H30N4O8S/c1-39-24-14-15-28(40-2)27(17-24)34(43(37,38)26-8-4-3-5-9-26)20-29(35)33-32-18-22-10-12-23(13-11-22)42-21-30(36)31-19-25-7-6-16-41-25/h3-18H,19-21H2,1-2H3,(H,31,36)(H,33,35)/b32-18-. The van der Waals surface area contributed by atoms with Gasteiger partial charge in [0.25, 0.3) is 21.8 Å². The van der Waals surface area contributed by atoms with Gasteiger partial charge >= 0.3 is 0 Å². The number of rotatable bonds is 14. The van der Waals surface area contributed by atoms with Crippen molar-refractivity contribution in [1.29, 1.82) is 0 Å². The fraction of sp³-hybridized carbons (Fsp3) is 0.167. The van der Waals surface area contributed by atoms with E-state index in [1.165, 1.54) is 44.9 Å². The van der Waals surface area contributed by atoms with Crippen molar-refractivity contribution in [2.75, 3.05) is 31.7 Å². The van der Waals surface area contributed by atoms with Crippen molar-refractivity contribution in [2.24, 2.45) is 5.10 Å². The zero-order valence-corrected chi connectivity index (χ0v) is 24.2. The lowest BCUT2D eigenvalue weighted by Gasteiger charge is -2.25. The lowest BCUT2D eigenvalue weighted by molar-refractivity contribution is -0.123. The maximum absolute atomic E-state index is 13.6. The van der Waals surface area contributed by atoms with E-state index in [-0.39, 0.29) is 35.4 Å². The van der Waals surface area contributed by atoms with Crippen LogP contribution >= 0.6 is 0 Å². The molecule has 0 fully saturated rings. The summed E-state index contributed by atoms with van der Waals surface area (Å²) in [4.78, 5) is 24.9. The number of nitrogens with zero attached hydrogens (tertiary/aromatic N) is 2. The van der Waals surface area contributed by atoms with Gasteiger partial charge in [-0.15, -0.1) is 0 Å². The fourth-order valence-corrected chi connectivity index (χ4v) is 5.25. The molecule has 3 aromatic carbocycles. The first-order chi connectivity index (χ1) is 20.8. The molecule has 2 amide bonds. The number of benzene rings is 3. The quantitative estimate of drug-likeness (QED) is 0.164. The highest BCUT2D eigenvalue weighted by Crippen LogP contribution is 2.35. The lowest BCUT2D eigenvalue weighted by atomic mass is 10.2. The van der Waals surface area contributed by atoms with E-state index >= 15 is 0 Å². The monoisotopic (exact) mass is 606 g/mol. The highest BCUT2D eigenvalue weighted by atomic mass is 32.2. The highest BCUT2D eigenvalue weighted by molar-refractivity contribution is 7.92. The van der Waals surface area contributed by atoms with Crippen LogP contribution in [0.1, 0.15) is 11.3 Å². The Morgan fingerprint density at radius 1 is 0.907 bits per heavy atom. The third-order valence-electron chi connectivity index (χ3n) is 5.97. The van der Waals surface area contributed by atoms with Crippen molar-refractivity contribution in [3.63, 3.8) is 0 Å². The second-order valence-electron chi connectivity index (χ2n) is 8.87. The normalized spacial score (nSPS) is 11.1. The molecule has 43 heavy (non-hydrogen) atoms. The minimum absolute atomic E-state index is 0.00603. The Hall–Kier alpha value is -5.30. The average Bonchev–Trinajstić information content (AvgIpc) is 3.56. The second-order valence-corrected chi connectivity index (χ2v) is 10.7. The summed E-state index contributed by atoms with van der Waals surface area (Å²) in [6.07, 6.45) is 2.92. The van der Waals surface area contributed by atoms with Gasteiger partial charge in [-0.2, -0.15) is 5.10 Å². The molecule has 0 atom stereocenters. The molecule has 2 N–H and O–H groups in total. The van der Waals surface area contributed by atoms with E-state index in [0.717, 1.165) is 4.31 Å². The summed E-state index contributed by atoms with van der Waals surface area (Å²) < 4.78 is 49.5. The maximum Gasteiger partial charge on any atom is 0.264 e. The number of furan rings is 1. The summed E-state index contributed by atoms with van der Waals surface area (Å²) in [5.74, 6) is 0.706. The number of carbonyl (C=O) groups is 2. The smallest absolute Gasteiger partial charge is 0.264 e. The molecule has 0 aliphatic rings. The molecule has 4 rings (SSSR count). The number of ether oxygens (including phenoxy) is 3.